The minimum atomic E-state index is -3.58. The lowest BCUT2D eigenvalue weighted by Gasteiger charge is -2.37. The molecule has 0 aromatic carbocycles. The molecule has 8 heteroatoms. The van der Waals surface area contributed by atoms with Crippen molar-refractivity contribution < 1.29 is 8.42 Å². The molecular weight excluding hydrogens is 308 g/mol. The van der Waals surface area contributed by atoms with Gasteiger partial charge in [-0.25, -0.2) is 13.4 Å². The summed E-state index contributed by atoms with van der Waals surface area (Å²) in [5.74, 6) is 0.423. The Morgan fingerprint density at radius 3 is 2.62 bits per heavy atom. The third-order valence-corrected chi connectivity index (χ3v) is 7.00. The van der Waals surface area contributed by atoms with E-state index in [1.165, 1.54) is 11.3 Å². The Labute approximate surface area is 128 Å². The fraction of sp³-hybridized carbons (Fsp3) is 0.615. The molecular formula is C13H20N4O2S2. The van der Waals surface area contributed by atoms with Crippen molar-refractivity contribution in [2.24, 2.45) is 0 Å². The third kappa shape index (κ3) is 2.25. The monoisotopic (exact) mass is 328 g/mol. The number of hydrogen-bond donors (Lipinski definition) is 1. The highest BCUT2D eigenvalue weighted by atomic mass is 32.2. The van der Waals surface area contributed by atoms with Crippen LogP contribution in [0.15, 0.2) is 16.6 Å². The van der Waals surface area contributed by atoms with Crippen LogP contribution in [0.2, 0.25) is 0 Å². The maximum absolute atomic E-state index is 13.2. The second kappa shape index (κ2) is 5.26. The molecule has 0 spiro atoms. The highest BCUT2D eigenvalue weighted by Crippen LogP contribution is 2.33. The van der Waals surface area contributed by atoms with E-state index in [0.717, 1.165) is 19.3 Å². The molecule has 2 atom stereocenters. The molecule has 1 aliphatic heterocycles. The van der Waals surface area contributed by atoms with Gasteiger partial charge in [0.15, 0.2) is 15.8 Å². The fourth-order valence-electron chi connectivity index (χ4n) is 3.15. The lowest BCUT2D eigenvalue weighted by atomic mass is 10.0. The standard InChI is InChI=1S/C13H20N4O2S2/c1-9-5-4-6-10(2)17(9)21(18,19)12-11(14-3)15-13-16(12)7-8-20-13/h7-10,14H,4-6H2,1-3H3. The Hall–Kier alpha value is -1.12. The second-order valence-electron chi connectivity index (χ2n) is 5.54. The highest BCUT2D eigenvalue weighted by molar-refractivity contribution is 7.89. The summed E-state index contributed by atoms with van der Waals surface area (Å²) < 4.78 is 29.7. The van der Waals surface area contributed by atoms with Crippen molar-refractivity contribution in [3.63, 3.8) is 0 Å². The van der Waals surface area contributed by atoms with Crippen LogP contribution in [0.1, 0.15) is 33.1 Å². The Kier molecular flexibility index (Phi) is 3.71. The highest BCUT2D eigenvalue weighted by Gasteiger charge is 2.39. The van der Waals surface area contributed by atoms with Gasteiger partial charge < -0.3 is 5.32 Å². The Balaban J connectivity index is 2.17. The molecule has 1 saturated heterocycles. The number of imidazole rings is 1. The van der Waals surface area contributed by atoms with E-state index in [1.807, 2.05) is 19.2 Å². The number of aromatic nitrogens is 2. The lowest BCUT2D eigenvalue weighted by molar-refractivity contribution is 0.203. The van der Waals surface area contributed by atoms with E-state index in [9.17, 15) is 8.42 Å². The minimum Gasteiger partial charge on any atom is -0.371 e. The molecule has 3 rings (SSSR count). The van der Waals surface area contributed by atoms with Gasteiger partial charge in [-0.3, -0.25) is 4.40 Å². The molecule has 2 aromatic rings. The molecule has 0 amide bonds. The van der Waals surface area contributed by atoms with Crippen LogP contribution in [0.3, 0.4) is 0 Å². The van der Waals surface area contributed by atoms with E-state index in [1.54, 1.807) is 22.0 Å². The molecule has 6 nitrogen and oxygen atoms in total. The van der Waals surface area contributed by atoms with E-state index < -0.39 is 10.0 Å². The van der Waals surface area contributed by atoms with E-state index in [2.05, 4.69) is 10.3 Å². The maximum Gasteiger partial charge on any atom is 0.263 e. The molecule has 116 valence electrons. The molecule has 21 heavy (non-hydrogen) atoms. The Morgan fingerprint density at radius 1 is 1.33 bits per heavy atom. The quantitative estimate of drug-likeness (QED) is 0.939. The summed E-state index contributed by atoms with van der Waals surface area (Å²) in [5.41, 5.74) is 0. The summed E-state index contributed by atoms with van der Waals surface area (Å²) in [6.07, 6.45) is 4.65. The van der Waals surface area contributed by atoms with Gasteiger partial charge in [0.05, 0.1) is 0 Å². The van der Waals surface area contributed by atoms with Crippen LogP contribution in [-0.2, 0) is 10.0 Å². The smallest absolute Gasteiger partial charge is 0.263 e. The average Bonchev–Trinajstić information content (AvgIpc) is 2.96. The molecule has 1 aliphatic rings. The largest absolute Gasteiger partial charge is 0.371 e. The van der Waals surface area contributed by atoms with Gasteiger partial charge in [0, 0.05) is 30.7 Å². The molecule has 1 N–H and O–H groups in total. The summed E-state index contributed by atoms with van der Waals surface area (Å²) in [7, 11) is -1.88. The van der Waals surface area contributed by atoms with Crippen molar-refractivity contribution in [3.8, 4) is 0 Å². The molecule has 2 unspecified atom stereocenters. The van der Waals surface area contributed by atoms with Crippen molar-refractivity contribution in [1.29, 1.82) is 0 Å². The number of piperidine rings is 1. The van der Waals surface area contributed by atoms with E-state index in [-0.39, 0.29) is 17.1 Å². The van der Waals surface area contributed by atoms with Crippen LogP contribution in [0, 0.1) is 0 Å². The van der Waals surface area contributed by atoms with E-state index in [0.29, 0.717) is 10.8 Å². The summed E-state index contributed by atoms with van der Waals surface area (Å²) >= 11 is 1.43. The van der Waals surface area contributed by atoms with E-state index in [4.69, 9.17) is 0 Å². The average molecular weight is 328 g/mol. The number of nitrogens with zero attached hydrogens (tertiary/aromatic N) is 3. The number of sulfonamides is 1. The zero-order valence-electron chi connectivity index (χ0n) is 12.4. The number of thiazole rings is 1. The van der Waals surface area contributed by atoms with Crippen LogP contribution in [0.25, 0.3) is 4.96 Å². The molecule has 3 heterocycles. The number of hydrogen-bond acceptors (Lipinski definition) is 5. The maximum atomic E-state index is 13.2. The van der Waals surface area contributed by atoms with Crippen LogP contribution in [0.5, 0.6) is 0 Å². The molecule has 0 aliphatic carbocycles. The van der Waals surface area contributed by atoms with Crippen LogP contribution in [0.4, 0.5) is 5.82 Å². The van der Waals surface area contributed by atoms with Crippen molar-refractivity contribution in [1.82, 2.24) is 13.7 Å². The van der Waals surface area contributed by atoms with Gasteiger partial charge in [-0.1, -0.05) is 6.42 Å². The topological polar surface area (TPSA) is 66.7 Å². The Bertz CT molecular complexity index is 739. The van der Waals surface area contributed by atoms with E-state index >= 15 is 0 Å². The molecule has 1 fully saturated rings. The minimum absolute atomic E-state index is 0.0210. The van der Waals surface area contributed by atoms with Gasteiger partial charge in [-0.15, -0.1) is 11.3 Å². The van der Waals surface area contributed by atoms with Gasteiger partial charge in [-0.2, -0.15) is 4.31 Å². The number of anilines is 1. The lowest BCUT2D eigenvalue weighted by Crippen LogP contribution is -2.47. The first-order chi connectivity index (χ1) is 9.96. The SMILES string of the molecule is CNc1nc2sccn2c1S(=O)(=O)N1C(C)CCCC1C. The molecule has 0 saturated carbocycles. The zero-order valence-corrected chi connectivity index (χ0v) is 14.0. The van der Waals surface area contributed by atoms with Crippen LogP contribution >= 0.6 is 11.3 Å². The predicted molar refractivity (Wildman–Crippen MR) is 84.4 cm³/mol. The first-order valence-corrected chi connectivity index (χ1v) is 9.45. The molecule has 0 radical (unpaired) electrons. The van der Waals surface area contributed by atoms with Gasteiger partial charge in [0.1, 0.15) is 0 Å². The molecule has 2 aromatic heterocycles. The summed E-state index contributed by atoms with van der Waals surface area (Å²) in [6.45, 7) is 3.97. The Morgan fingerprint density at radius 2 is 2.00 bits per heavy atom. The zero-order chi connectivity index (χ0) is 15.2. The van der Waals surface area contributed by atoms with Gasteiger partial charge >= 0.3 is 0 Å². The fourth-order valence-corrected chi connectivity index (χ4v) is 6.06. The van der Waals surface area contributed by atoms with Crippen LogP contribution in [-0.4, -0.2) is 41.2 Å². The van der Waals surface area contributed by atoms with Gasteiger partial charge in [-0.05, 0) is 26.7 Å². The van der Waals surface area contributed by atoms with Gasteiger partial charge in [0.2, 0.25) is 0 Å². The van der Waals surface area contributed by atoms with Crippen molar-refractivity contribution in [3.05, 3.63) is 11.6 Å². The van der Waals surface area contributed by atoms with Crippen LogP contribution < -0.4 is 5.32 Å². The number of fused-ring (bicyclic) bond motifs is 1. The molecule has 0 bridgehead atoms. The second-order valence-corrected chi connectivity index (χ2v) is 8.17. The number of rotatable bonds is 3. The van der Waals surface area contributed by atoms with Crippen molar-refractivity contribution in [2.75, 3.05) is 12.4 Å². The first kappa shape index (κ1) is 14.8. The third-order valence-electron chi connectivity index (χ3n) is 4.09. The summed E-state index contributed by atoms with van der Waals surface area (Å²) in [5, 5.41) is 5.02. The first-order valence-electron chi connectivity index (χ1n) is 7.13. The normalized spacial score (nSPS) is 24.5. The van der Waals surface area contributed by atoms with Crippen molar-refractivity contribution in [2.45, 2.75) is 50.2 Å². The number of nitrogens with one attached hydrogen (secondary N) is 1. The predicted octanol–water partition coefficient (Wildman–Crippen LogP) is 2.39. The summed E-state index contributed by atoms with van der Waals surface area (Å²) in [6, 6.07) is 0.0419. The van der Waals surface area contributed by atoms with Gasteiger partial charge in [0.25, 0.3) is 10.0 Å². The van der Waals surface area contributed by atoms with Crippen molar-refractivity contribution >= 4 is 32.1 Å². The summed E-state index contributed by atoms with van der Waals surface area (Å²) in [4.78, 5) is 5.06.